The molecule has 2 heterocycles. The van der Waals surface area contributed by atoms with Crippen LogP contribution in [0.4, 0.5) is 10.5 Å². The number of ether oxygens (including phenoxy) is 2. The van der Waals surface area contributed by atoms with E-state index in [1.165, 1.54) is 21.9 Å². The zero-order chi connectivity index (χ0) is 17.3. The molecule has 8 heteroatoms. The highest BCUT2D eigenvalue weighted by Gasteiger charge is 2.52. The Bertz CT molecular complexity index is 794. The molecule has 1 atom stereocenters. The molecule has 0 N–H and O–H groups in total. The van der Waals surface area contributed by atoms with Gasteiger partial charge in [0.25, 0.3) is 6.04 Å². The monoisotopic (exact) mass is 348 g/mol. The molecular weight excluding hydrogens is 334 g/mol. The first-order valence-corrected chi connectivity index (χ1v) is 7.66. The van der Waals surface area contributed by atoms with Crippen molar-refractivity contribution in [3.63, 3.8) is 0 Å². The van der Waals surface area contributed by atoms with Gasteiger partial charge in [0.1, 0.15) is 17.6 Å². The minimum Gasteiger partial charge on any atom is -0.497 e. The second-order valence-electron chi connectivity index (χ2n) is 5.01. The number of hydrogen-bond donors (Lipinski definition) is 0. The summed E-state index contributed by atoms with van der Waals surface area (Å²) in [5.41, 5.74) is 0.942. The van der Waals surface area contributed by atoms with E-state index < -0.39 is 18.0 Å². The average Bonchev–Trinajstić information content (AvgIpc) is 2.88. The summed E-state index contributed by atoms with van der Waals surface area (Å²) in [5.74, 6) is 0.116. The highest BCUT2D eigenvalue weighted by atomic mass is 35.5. The van der Waals surface area contributed by atoms with E-state index in [4.69, 9.17) is 21.1 Å². The van der Waals surface area contributed by atoms with Gasteiger partial charge < -0.3 is 9.47 Å². The largest absolute Gasteiger partial charge is 0.504 e. The van der Waals surface area contributed by atoms with Crippen LogP contribution < -0.4 is 14.2 Å². The number of amides is 1. The topological polar surface area (TPSA) is 72.6 Å². The van der Waals surface area contributed by atoms with Crippen molar-refractivity contribution in [2.24, 2.45) is 0 Å². The number of anilines is 1. The Morgan fingerprint density at radius 2 is 2.08 bits per heavy atom. The van der Waals surface area contributed by atoms with Crippen LogP contribution in [0.5, 0.6) is 5.75 Å². The van der Waals surface area contributed by atoms with Crippen LogP contribution in [0, 0.1) is 0 Å². The Morgan fingerprint density at radius 1 is 1.38 bits per heavy atom. The fraction of sp³-hybridized carbons (Fsp3) is 0.250. The summed E-state index contributed by atoms with van der Waals surface area (Å²) in [6, 6.07) is 5.50. The molecule has 1 aromatic heterocycles. The number of hydrogen-bond acceptors (Lipinski definition) is 5. The minimum atomic E-state index is -0.921. The number of methoxy groups -OCH3 is 1. The maximum Gasteiger partial charge on any atom is 0.504 e. The first-order valence-electron chi connectivity index (χ1n) is 7.28. The first-order chi connectivity index (χ1) is 11.6. The second kappa shape index (κ2) is 6.45. The van der Waals surface area contributed by atoms with Crippen molar-refractivity contribution in [1.29, 1.82) is 0 Å². The van der Waals surface area contributed by atoms with Gasteiger partial charge in [-0.15, -0.1) is 0 Å². The highest BCUT2D eigenvalue weighted by molar-refractivity contribution is 6.29. The number of nitrogens with zero attached hydrogens (tertiary/aromatic N) is 3. The predicted molar refractivity (Wildman–Crippen MR) is 85.1 cm³/mol. The molecule has 0 saturated carbocycles. The van der Waals surface area contributed by atoms with Gasteiger partial charge in [0.2, 0.25) is 0 Å². The Kier molecular flexibility index (Phi) is 4.35. The maximum absolute atomic E-state index is 12.8. The number of halogens is 1. The van der Waals surface area contributed by atoms with Crippen LogP contribution in [0.25, 0.3) is 0 Å². The van der Waals surface area contributed by atoms with E-state index in [0.717, 1.165) is 0 Å². The van der Waals surface area contributed by atoms with Crippen LogP contribution in [0.3, 0.4) is 0 Å². The summed E-state index contributed by atoms with van der Waals surface area (Å²) in [6.45, 7) is 1.92. The summed E-state index contributed by atoms with van der Waals surface area (Å²) in [4.78, 5) is 30.5. The molecule has 0 aliphatic carbocycles. The van der Waals surface area contributed by atoms with Gasteiger partial charge in [0.05, 0.1) is 19.9 Å². The van der Waals surface area contributed by atoms with Gasteiger partial charge in [0, 0.05) is 0 Å². The highest BCUT2D eigenvalue weighted by Crippen LogP contribution is 2.32. The van der Waals surface area contributed by atoms with Crippen molar-refractivity contribution >= 4 is 29.3 Å². The van der Waals surface area contributed by atoms with Gasteiger partial charge in [0.15, 0.2) is 10.8 Å². The van der Waals surface area contributed by atoms with E-state index in [2.05, 4.69) is 4.98 Å². The third-order valence-corrected chi connectivity index (χ3v) is 3.84. The first kappa shape index (κ1) is 16.2. The molecule has 0 spiro atoms. The van der Waals surface area contributed by atoms with Crippen LogP contribution in [0.2, 0.25) is 5.15 Å². The molecule has 1 unspecified atom stereocenters. The lowest BCUT2D eigenvalue weighted by atomic mass is 10.2. The fourth-order valence-corrected chi connectivity index (χ4v) is 2.73. The van der Waals surface area contributed by atoms with Crippen molar-refractivity contribution in [2.75, 3.05) is 18.6 Å². The second-order valence-corrected chi connectivity index (χ2v) is 5.40. The SMILES string of the molecule is CCOC(=O)C1c2cnc(Cl)c[n+]2C(=O)N1c1ccc(OC)cc1. The average molecular weight is 349 g/mol. The van der Waals surface area contributed by atoms with E-state index in [-0.39, 0.29) is 11.8 Å². The number of esters is 1. The lowest BCUT2D eigenvalue weighted by Crippen LogP contribution is -2.46. The van der Waals surface area contributed by atoms with E-state index in [0.29, 0.717) is 17.1 Å². The lowest BCUT2D eigenvalue weighted by molar-refractivity contribution is -0.570. The molecule has 2 aromatic rings. The Hall–Kier alpha value is -2.67. The van der Waals surface area contributed by atoms with Crippen molar-refractivity contribution in [1.82, 2.24) is 4.98 Å². The molecule has 1 amide bonds. The minimum absolute atomic E-state index is 0.159. The van der Waals surface area contributed by atoms with E-state index in [1.807, 2.05) is 0 Å². The molecule has 0 saturated heterocycles. The number of aromatic nitrogens is 2. The molecule has 24 heavy (non-hydrogen) atoms. The number of carbonyl (C=O) groups is 2. The number of carbonyl (C=O) groups excluding carboxylic acids is 2. The van der Waals surface area contributed by atoms with Crippen LogP contribution >= 0.6 is 11.6 Å². The maximum atomic E-state index is 12.8. The molecule has 0 bridgehead atoms. The third-order valence-electron chi connectivity index (χ3n) is 3.64. The number of fused-ring (bicyclic) bond motifs is 1. The Morgan fingerprint density at radius 3 is 2.71 bits per heavy atom. The molecular formula is C16H15ClN3O4+. The molecule has 1 aromatic carbocycles. The number of rotatable bonds is 4. The van der Waals surface area contributed by atoms with E-state index in [9.17, 15) is 9.59 Å². The zero-order valence-corrected chi connectivity index (χ0v) is 13.9. The van der Waals surface area contributed by atoms with Gasteiger partial charge in [-0.1, -0.05) is 11.6 Å². The molecule has 124 valence electrons. The molecule has 0 radical (unpaired) electrons. The molecule has 7 nitrogen and oxygen atoms in total. The van der Waals surface area contributed by atoms with Gasteiger partial charge in [-0.05, 0) is 31.2 Å². The van der Waals surface area contributed by atoms with Crippen LogP contribution in [0.15, 0.2) is 36.7 Å². The predicted octanol–water partition coefficient (Wildman–Crippen LogP) is 2.12. The van der Waals surface area contributed by atoms with Gasteiger partial charge >= 0.3 is 12.0 Å². The number of benzene rings is 1. The van der Waals surface area contributed by atoms with E-state index >= 15 is 0 Å². The molecule has 0 fully saturated rings. The van der Waals surface area contributed by atoms with Crippen LogP contribution in [-0.2, 0) is 9.53 Å². The summed E-state index contributed by atoms with van der Waals surface area (Å²) in [5, 5.41) is 0.159. The quantitative estimate of drug-likeness (QED) is 0.625. The van der Waals surface area contributed by atoms with Gasteiger partial charge in [-0.25, -0.2) is 9.78 Å². The zero-order valence-electron chi connectivity index (χ0n) is 13.1. The normalized spacial score (nSPS) is 16.0. The summed E-state index contributed by atoms with van der Waals surface area (Å²) in [6.07, 6.45) is 2.79. The Balaban J connectivity index is 2.08. The molecule has 1 aliphatic heterocycles. The standard InChI is InChI=1S/C16H15ClN3O4/c1-3-24-15(21)14-12-8-18-13(17)9-19(12)16(22)20(14)10-4-6-11(23-2)7-5-10/h4-9,14H,3H2,1-2H3/q+1. The van der Waals surface area contributed by atoms with Crippen LogP contribution in [-0.4, -0.2) is 30.7 Å². The summed E-state index contributed by atoms with van der Waals surface area (Å²) < 4.78 is 11.6. The van der Waals surface area contributed by atoms with Crippen molar-refractivity contribution in [2.45, 2.75) is 13.0 Å². The van der Waals surface area contributed by atoms with Gasteiger partial charge in [-0.3, -0.25) is 0 Å². The van der Waals surface area contributed by atoms with Gasteiger partial charge in [-0.2, -0.15) is 14.3 Å². The van der Waals surface area contributed by atoms with Crippen molar-refractivity contribution in [3.8, 4) is 5.75 Å². The molecule has 1 aliphatic rings. The van der Waals surface area contributed by atoms with Crippen molar-refractivity contribution < 1.29 is 23.6 Å². The van der Waals surface area contributed by atoms with Crippen molar-refractivity contribution in [3.05, 3.63) is 47.5 Å². The lowest BCUT2D eigenvalue weighted by Gasteiger charge is -2.15. The third kappa shape index (κ3) is 2.67. The molecule has 3 rings (SSSR count). The smallest absolute Gasteiger partial charge is 0.497 e. The van der Waals surface area contributed by atoms with E-state index in [1.54, 1.807) is 38.3 Å². The summed E-state index contributed by atoms with van der Waals surface area (Å²) >= 11 is 5.88. The van der Waals surface area contributed by atoms with Crippen LogP contribution in [0.1, 0.15) is 18.7 Å². The summed E-state index contributed by atoms with van der Waals surface area (Å²) in [7, 11) is 1.55. The Labute approximate surface area is 143 Å². The fourth-order valence-electron chi connectivity index (χ4n) is 2.58.